The van der Waals surface area contributed by atoms with Crippen LogP contribution in [-0.2, 0) is 6.42 Å². The number of nitrogens with two attached hydrogens (primary N) is 2. The Hall–Kier alpha value is -0.580. The monoisotopic (exact) mass is 219 g/mol. The summed E-state index contributed by atoms with van der Waals surface area (Å²) in [7, 11) is 0. The van der Waals surface area contributed by atoms with Crippen molar-refractivity contribution in [3.63, 3.8) is 0 Å². The third kappa shape index (κ3) is 3.76. The molecule has 0 spiro atoms. The Balaban J connectivity index is 0.00000144. The van der Waals surface area contributed by atoms with E-state index in [1.807, 2.05) is 18.4 Å². The number of thiophene rings is 1. The summed E-state index contributed by atoms with van der Waals surface area (Å²) in [5.41, 5.74) is 12.0. The summed E-state index contributed by atoms with van der Waals surface area (Å²) in [5, 5.41) is 9.10. The standard InChI is InChI=1S/C8H13N3S.ClH/c1-5(9)7-2-6(4-12-7)3-8(10)11;/h2,4-5H,3,9H2,1H3,(H3,10,11);1H/t5-;/m1./s1. The average molecular weight is 220 g/mol. The first-order valence-electron chi connectivity index (χ1n) is 3.75. The van der Waals surface area contributed by atoms with Gasteiger partial charge in [0.2, 0.25) is 0 Å². The number of amidine groups is 1. The third-order valence-corrected chi connectivity index (χ3v) is 2.70. The minimum absolute atomic E-state index is 0. The van der Waals surface area contributed by atoms with E-state index in [-0.39, 0.29) is 24.3 Å². The highest BCUT2D eigenvalue weighted by atomic mass is 35.5. The number of nitrogens with one attached hydrogen (secondary N) is 1. The molecule has 0 amide bonds. The highest BCUT2D eigenvalue weighted by Crippen LogP contribution is 2.20. The van der Waals surface area contributed by atoms with Gasteiger partial charge in [-0.15, -0.1) is 23.7 Å². The summed E-state index contributed by atoms with van der Waals surface area (Å²) >= 11 is 1.62. The van der Waals surface area contributed by atoms with Crippen LogP contribution < -0.4 is 11.5 Å². The molecule has 1 heterocycles. The van der Waals surface area contributed by atoms with Gasteiger partial charge >= 0.3 is 0 Å². The molecule has 0 fully saturated rings. The van der Waals surface area contributed by atoms with Gasteiger partial charge in [-0.25, -0.2) is 0 Å². The Kier molecular flexibility index (Phi) is 4.98. The maximum absolute atomic E-state index is 7.10. The van der Waals surface area contributed by atoms with Crippen LogP contribution in [0.3, 0.4) is 0 Å². The minimum Gasteiger partial charge on any atom is -0.387 e. The Morgan fingerprint density at radius 2 is 2.31 bits per heavy atom. The van der Waals surface area contributed by atoms with Crippen LogP contribution in [0, 0.1) is 5.41 Å². The highest BCUT2D eigenvalue weighted by molar-refractivity contribution is 7.10. The quantitative estimate of drug-likeness (QED) is 0.534. The lowest BCUT2D eigenvalue weighted by Gasteiger charge is -1.98. The molecule has 74 valence electrons. The van der Waals surface area contributed by atoms with Crippen LogP contribution in [0.1, 0.15) is 23.4 Å². The van der Waals surface area contributed by atoms with Crippen molar-refractivity contribution >= 4 is 29.6 Å². The summed E-state index contributed by atoms with van der Waals surface area (Å²) in [6.45, 7) is 1.95. The van der Waals surface area contributed by atoms with E-state index in [2.05, 4.69) is 0 Å². The summed E-state index contributed by atoms with van der Waals surface area (Å²) in [5.74, 6) is 0.198. The van der Waals surface area contributed by atoms with Crippen LogP contribution in [0.25, 0.3) is 0 Å². The molecule has 0 aliphatic rings. The average Bonchev–Trinajstić information content (AvgIpc) is 2.34. The Morgan fingerprint density at radius 1 is 1.69 bits per heavy atom. The van der Waals surface area contributed by atoms with Crippen LogP contribution >= 0.6 is 23.7 Å². The predicted octanol–water partition coefficient (Wildman–Crippen LogP) is 1.67. The van der Waals surface area contributed by atoms with Gasteiger partial charge < -0.3 is 11.5 Å². The Bertz CT molecular complexity index is 283. The smallest absolute Gasteiger partial charge is 0.0950 e. The van der Waals surface area contributed by atoms with Crippen molar-refractivity contribution in [2.45, 2.75) is 19.4 Å². The summed E-state index contributed by atoms with van der Waals surface area (Å²) in [4.78, 5) is 1.14. The van der Waals surface area contributed by atoms with Crippen molar-refractivity contribution in [2.24, 2.45) is 11.5 Å². The van der Waals surface area contributed by atoms with E-state index >= 15 is 0 Å². The van der Waals surface area contributed by atoms with Crippen molar-refractivity contribution in [1.29, 1.82) is 5.41 Å². The second-order valence-corrected chi connectivity index (χ2v) is 3.79. The van der Waals surface area contributed by atoms with Crippen molar-refractivity contribution in [1.82, 2.24) is 0 Å². The molecule has 0 bridgehead atoms. The van der Waals surface area contributed by atoms with Crippen molar-refractivity contribution in [3.8, 4) is 0 Å². The maximum Gasteiger partial charge on any atom is 0.0950 e. The fraction of sp³-hybridized carbons (Fsp3) is 0.375. The predicted molar refractivity (Wildman–Crippen MR) is 59.8 cm³/mol. The van der Waals surface area contributed by atoms with Gasteiger partial charge in [0, 0.05) is 17.3 Å². The largest absolute Gasteiger partial charge is 0.387 e. The number of hydrogen-bond donors (Lipinski definition) is 3. The van der Waals surface area contributed by atoms with E-state index in [1.54, 1.807) is 11.3 Å². The van der Waals surface area contributed by atoms with E-state index in [0.29, 0.717) is 6.42 Å². The fourth-order valence-electron chi connectivity index (χ4n) is 0.946. The van der Waals surface area contributed by atoms with Crippen molar-refractivity contribution < 1.29 is 0 Å². The van der Waals surface area contributed by atoms with Gasteiger partial charge in [0.25, 0.3) is 0 Å². The van der Waals surface area contributed by atoms with Crippen molar-refractivity contribution in [3.05, 3.63) is 21.9 Å². The molecule has 1 aromatic heterocycles. The highest BCUT2D eigenvalue weighted by Gasteiger charge is 2.04. The Morgan fingerprint density at radius 3 is 2.69 bits per heavy atom. The number of hydrogen-bond acceptors (Lipinski definition) is 3. The lowest BCUT2D eigenvalue weighted by molar-refractivity contribution is 0.837. The molecule has 13 heavy (non-hydrogen) atoms. The summed E-state index contributed by atoms with van der Waals surface area (Å²) in [6.07, 6.45) is 0.531. The number of halogens is 1. The van der Waals surface area contributed by atoms with E-state index in [0.717, 1.165) is 10.4 Å². The summed E-state index contributed by atoms with van der Waals surface area (Å²) in [6, 6.07) is 2.09. The SMILES string of the molecule is C[C@@H](N)c1cc(CC(=N)N)cs1.Cl. The second kappa shape index (κ2) is 5.21. The van der Waals surface area contributed by atoms with Gasteiger partial charge in [-0.2, -0.15) is 0 Å². The first-order chi connectivity index (χ1) is 5.59. The van der Waals surface area contributed by atoms with Crippen LogP contribution in [0.15, 0.2) is 11.4 Å². The van der Waals surface area contributed by atoms with Gasteiger partial charge in [-0.1, -0.05) is 0 Å². The molecule has 0 radical (unpaired) electrons. The van der Waals surface area contributed by atoms with Gasteiger partial charge in [-0.05, 0) is 23.9 Å². The molecule has 1 atom stereocenters. The lowest BCUT2D eigenvalue weighted by Crippen LogP contribution is -2.12. The van der Waals surface area contributed by atoms with Crippen LogP contribution in [0.4, 0.5) is 0 Å². The van der Waals surface area contributed by atoms with E-state index in [9.17, 15) is 0 Å². The topological polar surface area (TPSA) is 75.9 Å². The lowest BCUT2D eigenvalue weighted by atomic mass is 10.2. The van der Waals surface area contributed by atoms with Gasteiger partial charge in [0.1, 0.15) is 0 Å². The normalized spacial score (nSPS) is 11.8. The van der Waals surface area contributed by atoms with E-state index < -0.39 is 0 Å². The molecular weight excluding hydrogens is 206 g/mol. The van der Waals surface area contributed by atoms with Crippen molar-refractivity contribution in [2.75, 3.05) is 0 Å². The molecule has 0 unspecified atom stereocenters. The molecule has 1 aromatic rings. The molecule has 5 heteroatoms. The second-order valence-electron chi connectivity index (χ2n) is 2.85. The van der Waals surface area contributed by atoms with E-state index in [1.165, 1.54) is 0 Å². The molecule has 3 nitrogen and oxygen atoms in total. The number of rotatable bonds is 3. The zero-order chi connectivity index (χ0) is 9.14. The molecule has 0 aliphatic heterocycles. The van der Waals surface area contributed by atoms with Gasteiger partial charge in [0.05, 0.1) is 5.84 Å². The zero-order valence-corrected chi connectivity index (χ0v) is 9.04. The Labute approximate surface area is 88.0 Å². The zero-order valence-electron chi connectivity index (χ0n) is 7.41. The molecular formula is C8H14ClN3S. The molecule has 0 aromatic carbocycles. The summed E-state index contributed by atoms with van der Waals surface area (Å²) < 4.78 is 0. The van der Waals surface area contributed by atoms with Crippen LogP contribution in [0.2, 0.25) is 0 Å². The van der Waals surface area contributed by atoms with Crippen LogP contribution in [0.5, 0.6) is 0 Å². The molecule has 1 rings (SSSR count). The minimum atomic E-state index is 0. The molecule has 5 N–H and O–H groups in total. The fourth-order valence-corrected chi connectivity index (χ4v) is 1.82. The van der Waals surface area contributed by atoms with E-state index in [4.69, 9.17) is 16.9 Å². The molecule has 0 saturated carbocycles. The molecule has 0 aliphatic carbocycles. The first-order valence-corrected chi connectivity index (χ1v) is 4.63. The van der Waals surface area contributed by atoms with Gasteiger partial charge in [0.15, 0.2) is 0 Å². The van der Waals surface area contributed by atoms with Gasteiger partial charge in [-0.3, -0.25) is 5.41 Å². The maximum atomic E-state index is 7.10. The van der Waals surface area contributed by atoms with Crippen LogP contribution in [-0.4, -0.2) is 5.84 Å². The first kappa shape index (κ1) is 12.4. The molecule has 0 saturated heterocycles. The third-order valence-electron chi connectivity index (χ3n) is 1.52.